The van der Waals surface area contributed by atoms with Crippen molar-refractivity contribution in [2.45, 2.75) is 13.0 Å². The molecule has 0 atom stereocenters. The van der Waals surface area contributed by atoms with Gasteiger partial charge in [-0.1, -0.05) is 42.5 Å². The summed E-state index contributed by atoms with van der Waals surface area (Å²) < 4.78 is 1.54. The van der Waals surface area contributed by atoms with Crippen molar-refractivity contribution in [2.75, 3.05) is 12.3 Å². The van der Waals surface area contributed by atoms with E-state index < -0.39 is 0 Å². The third-order valence-corrected chi connectivity index (χ3v) is 4.44. The molecule has 136 valence electrons. The molecule has 7 nitrogen and oxygen atoms in total. The van der Waals surface area contributed by atoms with Gasteiger partial charge in [-0.15, -0.1) is 0 Å². The molecule has 0 unspecified atom stereocenters. The highest BCUT2D eigenvalue weighted by Crippen LogP contribution is 2.29. The first-order valence-electron chi connectivity index (χ1n) is 8.66. The van der Waals surface area contributed by atoms with Gasteiger partial charge in [-0.3, -0.25) is 4.79 Å². The highest BCUT2D eigenvalue weighted by molar-refractivity contribution is 5.81. The van der Waals surface area contributed by atoms with E-state index in [-0.39, 0.29) is 18.7 Å². The maximum absolute atomic E-state index is 12.5. The van der Waals surface area contributed by atoms with Crippen LogP contribution in [0.3, 0.4) is 0 Å². The van der Waals surface area contributed by atoms with Gasteiger partial charge in [0.1, 0.15) is 11.6 Å². The zero-order valence-corrected chi connectivity index (χ0v) is 14.6. The normalized spacial score (nSPS) is 11.1. The maximum atomic E-state index is 12.5. The van der Waals surface area contributed by atoms with E-state index in [9.17, 15) is 9.90 Å². The lowest BCUT2D eigenvalue weighted by Crippen LogP contribution is -2.11. The summed E-state index contributed by atoms with van der Waals surface area (Å²) >= 11 is 0. The Hall–Kier alpha value is -3.45. The van der Waals surface area contributed by atoms with Gasteiger partial charge in [0.2, 0.25) is 0 Å². The molecule has 0 radical (unpaired) electrons. The SMILES string of the molecule is Nc1c(-c2nc3ccccc3c(=O)[nH]2)c(Cc2ccccc2)nn1CCO. The first-order chi connectivity index (χ1) is 13.2. The number of fused-ring (bicyclic) bond motifs is 1. The Balaban J connectivity index is 1.89. The summed E-state index contributed by atoms with van der Waals surface area (Å²) in [5, 5.41) is 14.4. The Labute approximate surface area is 155 Å². The fraction of sp³-hybridized carbons (Fsp3) is 0.150. The Bertz CT molecular complexity index is 1150. The summed E-state index contributed by atoms with van der Waals surface area (Å²) in [6.45, 7) is 0.184. The van der Waals surface area contributed by atoms with Gasteiger partial charge in [-0.25, -0.2) is 9.67 Å². The summed E-state index contributed by atoms with van der Waals surface area (Å²) in [6, 6.07) is 17.0. The lowest BCUT2D eigenvalue weighted by molar-refractivity contribution is 0.270. The van der Waals surface area contributed by atoms with Crippen molar-refractivity contribution in [1.82, 2.24) is 19.7 Å². The standard InChI is InChI=1S/C20H19N5O2/c21-18-17(19-22-15-9-5-4-8-14(15)20(27)23-19)16(24-25(18)10-11-26)12-13-6-2-1-3-7-13/h1-9,26H,10-12,21H2,(H,22,23,27). The van der Waals surface area contributed by atoms with Crippen LogP contribution in [-0.4, -0.2) is 31.5 Å². The second-order valence-corrected chi connectivity index (χ2v) is 6.25. The van der Waals surface area contributed by atoms with Gasteiger partial charge in [0.25, 0.3) is 5.56 Å². The van der Waals surface area contributed by atoms with E-state index in [1.54, 1.807) is 22.9 Å². The first kappa shape index (κ1) is 17.0. The van der Waals surface area contributed by atoms with Gasteiger partial charge < -0.3 is 15.8 Å². The summed E-state index contributed by atoms with van der Waals surface area (Å²) in [6.07, 6.45) is 0.537. The van der Waals surface area contributed by atoms with E-state index >= 15 is 0 Å². The minimum atomic E-state index is -0.226. The molecule has 0 aliphatic carbocycles. The Morgan fingerprint density at radius 2 is 1.81 bits per heavy atom. The largest absolute Gasteiger partial charge is 0.394 e. The van der Waals surface area contributed by atoms with Crippen LogP contribution in [0.4, 0.5) is 5.82 Å². The van der Waals surface area contributed by atoms with E-state index in [4.69, 9.17) is 5.73 Å². The molecule has 4 N–H and O–H groups in total. The lowest BCUT2D eigenvalue weighted by atomic mass is 10.1. The Morgan fingerprint density at radius 1 is 1.07 bits per heavy atom. The van der Waals surface area contributed by atoms with Gasteiger partial charge in [-0.2, -0.15) is 5.10 Å². The average molecular weight is 361 g/mol. The van der Waals surface area contributed by atoms with Crippen molar-refractivity contribution in [1.29, 1.82) is 0 Å². The van der Waals surface area contributed by atoms with Crippen LogP contribution in [0.15, 0.2) is 59.4 Å². The van der Waals surface area contributed by atoms with Crippen LogP contribution < -0.4 is 11.3 Å². The van der Waals surface area contributed by atoms with Crippen molar-refractivity contribution >= 4 is 16.7 Å². The summed E-state index contributed by atoms with van der Waals surface area (Å²) in [4.78, 5) is 19.9. The minimum Gasteiger partial charge on any atom is -0.394 e. The molecule has 0 amide bonds. The van der Waals surface area contributed by atoms with Gasteiger partial charge in [0, 0.05) is 6.42 Å². The number of para-hydroxylation sites is 1. The van der Waals surface area contributed by atoms with E-state index in [1.165, 1.54) is 0 Å². The number of H-pyrrole nitrogens is 1. The number of hydrogen-bond acceptors (Lipinski definition) is 5. The number of aliphatic hydroxyl groups excluding tert-OH is 1. The molecular formula is C20H19N5O2. The molecule has 4 aromatic rings. The number of nitrogens with zero attached hydrogens (tertiary/aromatic N) is 3. The second kappa shape index (κ2) is 7.05. The Morgan fingerprint density at radius 3 is 2.59 bits per heavy atom. The zero-order chi connectivity index (χ0) is 18.8. The fourth-order valence-corrected chi connectivity index (χ4v) is 3.17. The monoisotopic (exact) mass is 361 g/mol. The van der Waals surface area contributed by atoms with Crippen LogP contribution >= 0.6 is 0 Å². The average Bonchev–Trinajstić information content (AvgIpc) is 2.98. The van der Waals surface area contributed by atoms with Gasteiger partial charge in [-0.05, 0) is 17.7 Å². The molecule has 0 spiro atoms. The van der Waals surface area contributed by atoms with E-state index in [0.29, 0.717) is 40.2 Å². The van der Waals surface area contributed by atoms with E-state index in [2.05, 4.69) is 15.1 Å². The molecule has 2 heterocycles. The summed E-state index contributed by atoms with van der Waals surface area (Å²) in [5.41, 5.74) is 9.02. The molecule has 0 fully saturated rings. The second-order valence-electron chi connectivity index (χ2n) is 6.25. The number of rotatable bonds is 5. The number of anilines is 1. The number of aliphatic hydroxyl groups is 1. The van der Waals surface area contributed by atoms with Gasteiger partial charge >= 0.3 is 0 Å². The van der Waals surface area contributed by atoms with Crippen LogP contribution in [0.1, 0.15) is 11.3 Å². The predicted octanol–water partition coefficient (Wildman–Crippen LogP) is 1.95. The number of nitrogens with two attached hydrogens (primary N) is 1. The number of nitrogens with one attached hydrogen (secondary N) is 1. The van der Waals surface area contributed by atoms with Gasteiger partial charge in [0.15, 0.2) is 0 Å². The molecule has 0 saturated heterocycles. The topological polar surface area (TPSA) is 110 Å². The highest BCUT2D eigenvalue weighted by Gasteiger charge is 2.20. The molecule has 27 heavy (non-hydrogen) atoms. The number of benzene rings is 2. The molecule has 0 aliphatic heterocycles. The zero-order valence-electron chi connectivity index (χ0n) is 14.6. The van der Waals surface area contributed by atoms with E-state index in [0.717, 1.165) is 5.56 Å². The minimum absolute atomic E-state index is 0.0855. The smallest absolute Gasteiger partial charge is 0.259 e. The first-order valence-corrected chi connectivity index (χ1v) is 8.66. The molecular weight excluding hydrogens is 342 g/mol. The third-order valence-electron chi connectivity index (χ3n) is 4.44. The lowest BCUT2D eigenvalue weighted by Gasteiger charge is -2.06. The number of aromatic amines is 1. The Kier molecular flexibility index (Phi) is 4.43. The molecule has 4 rings (SSSR count). The van der Waals surface area contributed by atoms with Crippen molar-refractivity contribution in [3.8, 4) is 11.4 Å². The predicted molar refractivity (Wildman–Crippen MR) is 104 cm³/mol. The number of hydrogen-bond donors (Lipinski definition) is 3. The molecule has 2 aromatic carbocycles. The molecule has 2 aromatic heterocycles. The quantitative estimate of drug-likeness (QED) is 0.503. The van der Waals surface area contributed by atoms with Crippen LogP contribution in [0.2, 0.25) is 0 Å². The number of nitrogen functional groups attached to an aromatic ring is 1. The molecule has 7 heteroatoms. The number of aromatic nitrogens is 4. The molecule has 0 aliphatic rings. The van der Waals surface area contributed by atoms with Crippen LogP contribution in [0.5, 0.6) is 0 Å². The molecule has 0 saturated carbocycles. The summed E-state index contributed by atoms with van der Waals surface area (Å²) in [5.74, 6) is 0.750. The summed E-state index contributed by atoms with van der Waals surface area (Å²) in [7, 11) is 0. The van der Waals surface area contributed by atoms with Gasteiger partial charge in [0.05, 0.1) is 35.3 Å². The van der Waals surface area contributed by atoms with Crippen LogP contribution in [-0.2, 0) is 13.0 Å². The van der Waals surface area contributed by atoms with E-state index in [1.807, 2.05) is 36.4 Å². The van der Waals surface area contributed by atoms with Crippen molar-refractivity contribution < 1.29 is 5.11 Å². The third kappa shape index (κ3) is 3.20. The van der Waals surface area contributed by atoms with Crippen molar-refractivity contribution in [3.63, 3.8) is 0 Å². The van der Waals surface area contributed by atoms with Crippen LogP contribution in [0.25, 0.3) is 22.3 Å². The van der Waals surface area contributed by atoms with Crippen molar-refractivity contribution in [3.05, 3.63) is 76.2 Å². The van der Waals surface area contributed by atoms with Crippen LogP contribution in [0, 0.1) is 0 Å². The maximum Gasteiger partial charge on any atom is 0.259 e. The fourth-order valence-electron chi connectivity index (χ4n) is 3.17. The highest BCUT2D eigenvalue weighted by atomic mass is 16.3. The van der Waals surface area contributed by atoms with Crippen molar-refractivity contribution in [2.24, 2.45) is 0 Å². The molecule has 0 bridgehead atoms.